The molecule has 0 saturated heterocycles. The molecule has 2 aromatic rings. The van der Waals surface area contributed by atoms with Gasteiger partial charge in [0.05, 0.1) is 5.52 Å². The SMILES string of the molecule is Nc1ccc2nc(Cl)nc(Cl)c2c1. The second-order valence-electron chi connectivity index (χ2n) is 2.56. The lowest BCUT2D eigenvalue weighted by Gasteiger charge is -2.00. The highest BCUT2D eigenvalue weighted by molar-refractivity contribution is 6.35. The maximum absolute atomic E-state index is 5.84. The fourth-order valence-corrected chi connectivity index (χ4v) is 1.53. The van der Waals surface area contributed by atoms with Crippen molar-refractivity contribution in [1.29, 1.82) is 0 Å². The number of hydrogen-bond donors (Lipinski definition) is 1. The van der Waals surface area contributed by atoms with Crippen LogP contribution in [0.4, 0.5) is 5.69 Å². The van der Waals surface area contributed by atoms with Crippen LogP contribution in [0.5, 0.6) is 0 Å². The summed E-state index contributed by atoms with van der Waals surface area (Å²) in [5.41, 5.74) is 6.90. The number of anilines is 1. The molecule has 0 amide bonds. The Morgan fingerprint density at radius 2 is 1.92 bits per heavy atom. The lowest BCUT2D eigenvalue weighted by molar-refractivity contribution is 1.22. The highest BCUT2D eigenvalue weighted by Crippen LogP contribution is 2.23. The van der Waals surface area contributed by atoms with E-state index in [0.717, 1.165) is 0 Å². The molecule has 1 aromatic carbocycles. The molecule has 13 heavy (non-hydrogen) atoms. The van der Waals surface area contributed by atoms with Crippen LogP contribution in [0.25, 0.3) is 10.9 Å². The van der Waals surface area contributed by atoms with Crippen LogP contribution in [0.15, 0.2) is 18.2 Å². The molecule has 0 saturated carbocycles. The zero-order valence-electron chi connectivity index (χ0n) is 6.46. The minimum atomic E-state index is 0.141. The summed E-state index contributed by atoms with van der Waals surface area (Å²) in [4.78, 5) is 7.80. The highest BCUT2D eigenvalue weighted by Gasteiger charge is 2.03. The van der Waals surface area contributed by atoms with E-state index < -0.39 is 0 Å². The van der Waals surface area contributed by atoms with E-state index in [4.69, 9.17) is 28.9 Å². The summed E-state index contributed by atoms with van der Waals surface area (Å²) in [7, 11) is 0. The largest absolute Gasteiger partial charge is 0.399 e. The van der Waals surface area contributed by atoms with Crippen molar-refractivity contribution in [2.45, 2.75) is 0 Å². The van der Waals surface area contributed by atoms with E-state index in [1.165, 1.54) is 0 Å². The Kier molecular flexibility index (Phi) is 1.98. The third kappa shape index (κ3) is 1.53. The average molecular weight is 214 g/mol. The Hall–Kier alpha value is -1.06. The molecule has 0 radical (unpaired) electrons. The first kappa shape index (κ1) is 8.53. The van der Waals surface area contributed by atoms with Crippen molar-refractivity contribution in [3.8, 4) is 0 Å². The number of nitrogens with two attached hydrogens (primary N) is 1. The van der Waals surface area contributed by atoms with Crippen molar-refractivity contribution in [3.05, 3.63) is 28.6 Å². The predicted molar refractivity (Wildman–Crippen MR) is 54.0 cm³/mol. The Morgan fingerprint density at radius 3 is 2.69 bits per heavy atom. The number of nitrogen functional groups attached to an aromatic ring is 1. The normalized spacial score (nSPS) is 10.6. The molecule has 2 N–H and O–H groups in total. The third-order valence-corrected chi connectivity index (χ3v) is 2.10. The second kappa shape index (κ2) is 3.01. The van der Waals surface area contributed by atoms with Gasteiger partial charge in [-0.3, -0.25) is 0 Å². The lowest BCUT2D eigenvalue weighted by atomic mass is 10.2. The standard InChI is InChI=1S/C8H5Cl2N3/c9-7-5-3-4(11)1-2-6(5)12-8(10)13-7/h1-3H,11H2. The number of rotatable bonds is 0. The summed E-state index contributed by atoms with van der Waals surface area (Å²) in [5.74, 6) is 0. The molecule has 0 atom stereocenters. The van der Waals surface area contributed by atoms with Crippen LogP contribution in [0.3, 0.4) is 0 Å². The van der Waals surface area contributed by atoms with E-state index in [-0.39, 0.29) is 5.28 Å². The first-order valence-electron chi connectivity index (χ1n) is 3.55. The molecule has 0 aliphatic carbocycles. The van der Waals surface area contributed by atoms with Crippen molar-refractivity contribution in [2.24, 2.45) is 0 Å². The monoisotopic (exact) mass is 213 g/mol. The predicted octanol–water partition coefficient (Wildman–Crippen LogP) is 2.52. The Bertz CT molecular complexity index is 470. The molecule has 66 valence electrons. The van der Waals surface area contributed by atoms with E-state index in [9.17, 15) is 0 Å². The summed E-state index contributed by atoms with van der Waals surface area (Å²) in [5, 5.41) is 1.18. The number of aromatic nitrogens is 2. The number of nitrogens with zero attached hydrogens (tertiary/aromatic N) is 2. The topological polar surface area (TPSA) is 51.8 Å². The van der Waals surface area contributed by atoms with Gasteiger partial charge in [-0.05, 0) is 29.8 Å². The van der Waals surface area contributed by atoms with Crippen molar-refractivity contribution in [1.82, 2.24) is 9.97 Å². The number of benzene rings is 1. The molecule has 2 rings (SSSR count). The summed E-state index contributed by atoms with van der Waals surface area (Å²) < 4.78 is 0. The van der Waals surface area contributed by atoms with Crippen molar-refractivity contribution < 1.29 is 0 Å². The fourth-order valence-electron chi connectivity index (χ4n) is 1.08. The minimum absolute atomic E-state index is 0.141. The zero-order valence-corrected chi connectivity index (χ0v) is 7.97. The van der Waals surface area contributed by atoms with E-state index in [1.54, 1.807) is 18.2 Å². The molecule has 0 spiro atoms. The van der Waals surface area contributed by atoms with Crippen LogP contribution in [0.1, 0.15) is 0 Å². The molecular weight excluding hydrogens is 209 g/mol. The van der Waals surface area contributed by atoms with Gasteiger partial charge in [-0.15, -0.1) is 0 Å². The number of hydrogen-bond acceptors (Lipinski definition) is 3. The maximum atomic E-state index is 5.84. The zero-order chi connectivity index (χ0) is 9.42. The van der Waals surface area contributed by atoms with Crippen LogP contribution < -0.4 is 5.73 Å². The van der Waals surface area contributed by atoms with Gasteiger partial charge in [0.1, 0.15) is 5.15 Å². The van der Waals surface area contributed by atoms with E-state index in [2.05, 4.69) is 9.97 Å². The molecule has 1 heterocycles. The smallest absolute Gasteiger partial charge is 0.224 e. The van der Waals surface area contributed by atoms with Gasteiger partial charge in [0.2, 0.25) is 5.28 Å². The molecule has 0 aliphatic rings. The Balaban J connectivity index is 2.87. The molecule has 0 fully saturated rings. The lowest BCUT2D eigenvalue weighted by Crippen LogP contribution is -1.89. The Labute approximate surface area is 84.5 Å². The van der Waals surface area contributed by atoms with E-state index in [1.807, 2.05) is 0 Å². The highest BCUT2D eigenvalue weighted by atomic mass is 35.5. The van der Waals surface area contributed by atoms with E-state index in [0.29, 0.717) is 21.7 Å². The van der Waals surface area contributed by atoms with Gasteiger partial charge in [0, 0.05) is 11.1 Å². The van der Waals surface area contributed by atoms with E-state index >= 15 is 0 Å². The van der Waals surface area contributed by atoms with Crippen LogP contribution >= 0.6 is 23.2 Å². The van der Waals surface area contributed by atoms with Crippen LogP contribution in [0, 0.1) is 0 Å². The molecule has 1 aromatic heterocycles. The van der Waals surface area contributed by atoms with Crippen LogP contribution in [0.2, 0.25) is 10.4 Å². The molecule has 0 unspecified atom stereocenters. The fraction of sp³-hybridized carbons (Fsp3) is 0. The average Bonchev–Trinajstić information content (AvgIpc) is 2.06. The maximum Gasteiger partial charge on any atom is 0.224 e. The first-order chi connectivity index (χ1) is 6.16. The van der Waals surface area contributed by atoms with Crippen molar-refractivity contribution in [3.63, 3.8) is 0 Å². The third-order valence-electron chi connectivity index (χ3n) is 1.65. The first-order valence-corrected chi connectivity index (χ1v) is 4.31. The van der Waals surface area contributed by atoms with Gasteiger partial charge < -0.3 is 5.73 Å². The van der Waals surface area contributed by atoms with Gasteiger partial charge in [-0.1, -0.05) is 11.6 Å². The molecular formula is C8H5Cl2N3. The Morgan fingerprint density at radius 1 is 1.15 bits per heavy atom. The van der Waals surface area contributed by atoms with Gasteiger partial charge in [-0.25, -0.2) is 9.97 Å². The number of fused-ring (bicyclic) bond motifs is 1. The van der Waals surface area contributed by atoms with Gasteiger partial charge in [0.25, 0.3) is 0 Å². The van der Waals surface area contributed by atoms with Gasteiger partial charge >= 0.3 is 0 Å². The van der Waals surface area contributed by atoms with Gasteiger partial charge in [0.15, 0.2) is 0 Å². The molecule has 3 nitrogen and oxygen atoms in total. The van der Waals surface area contributed by atoms with Crippen molar-refractivity contribution >= 4 is 39.8 Å². The van der Waals surface area contributed by atoms with Gasteiger partial charge in [-0.2, -0.15) is 0 Å². The second-order valence-corrected chi connectivity index (χ2v) is 3.26. The molecule has 0 aliphatic heterocycles. The minimum Gasteiger partial charge on any atom is -0.399 e. The summed E-state index contributed by atoms with van der Waals surface area (Å²) in [6.07, 6.45) is 0. The van der Waals surface area contributed by atoms with Crippen molar-refractivity contribution in [2.75, 3.05) is 5.73 Å². The molecule has 5 heteroatoms. The van der Waals surface area contributed by atoms with Crippen LogP contribution in [-0.2, 0) is 0 Å². The molecule has 0 bridgehead atoms. The summed E-state index contributed by atoms with van der Waals surface area (Å²) in [6, 6.07) is 5.21. The number of halogens is 2. The quantitative estimate of drug-likeness (QED) is 0.416. The summed E-state index contributed by atoms with van der Waals surface area (Å²) in [6.45, 7) is 0. The van der Waals surface area contributed by atoms with Crippen LogP contribution in [-0.4, -0.2) is 9.97 Å². The summed E-state index contributed by atoms with van der Waals surface area (Å²) >= 11 is 11.5.